The SMILES string of the molecule is Cc1cccc(C(NN)c2cncc3ccccc23)c1Cl. The number of aryl methyl sites for hydroxylation is 1. The lowest BCUT2D eigenvalue weighted by Crippen LogP contribution is -2.29. The first-order valence-corrected chi connectivity index (χ1v) is 7.14. The molecule has 21 heavy (non-hydrogen) atoms. The molecule has 0 aliphatic carbocycles. The van der Waals surface area contributed by atoms with Crippen molar-refractivity contribution in [3.8, 4) is 0 Å². The molecule has 3 aromatic rings. The predicted octanol–water partition coefficient (Wildman–Crippen LogP) is 3.75. The Morgan fingerprint density at radius 2 is 1.86 bits per heavy atom. The Labute approximate surface area is 128 Å². The standard InChI is InChI=1S/C17H16ClN3/c1-11-5-4-8-14(16(11)18)17(21-19)15-10-20-9-12-6-2-3-7-13(12)15/h2-10,17,21H,19H2,1H3. The second-order valence-corrected chi connectivity index (χ2v) is 5.41. The maximum atomic E-state index is 6.45. The number of nitrogens with one attached hydrogen (secondary N) is 1. The smallest absolute Gasteiger partial charge is 0.0745 e. The first kappa shape index (κ1) is 14.0. The molecule has 106 valence electrons. The van der Waals surface area contributed by atoms with Crippen molar-refractivity contribution in [1.82, 2.24) is 10.4 Å². The molecule has 3 nitrogen and oxygen atoms in total. The van der Waals surface area contributed by atoms with Crippen LogP contribution in [-0.2, 0) is 0 Å². The molecule has 4 heteroatoms. The number of fused-ring (bicyclic) bond motifs is 1. The highest BCUT2D eigenvalue weighted by atomic mass is 35.5. The lowest BCUT2D eigenvalue weighted by molar-refractivity contribution is 0.639. The fourth-order valence-corrected chi connectivity index (χ4v) is 2.85. The van der Waals surface area contributed by atoms with Crippen molar-refractivity contribution in [2.45, 2.75) is 13.0 Å². The van der Waals surface area contributed by atoms with Crippen molar-refractivity contribution in [2.75, 3.05) is 0 Å². The van der Waals surface area contributed by atoms with E-state index in [0.717, 1.165) is 32.5 Å². The maximum Gasteiger partial charge on any atom is 0.0745 e. The minimum absolute atomic E-state index is 0.198. The summed E-state index contributed by atoms with van der Waals surface area (Å²) >= 11 is 6.45. The van der Waals surface area contributed by atoms with Gasteiger partial charge in [-0.15, -0.1) is 0 Å². The fourth-order valence-electron chi connectivity index (χ4n) is 2.61. The molecule has 0 aliphatic rings. The molecule has 3 N–H and O–H groups in total. The van der Waals surface area contributed by atoms with Crippen LogP contribution in [0.25, 0.3) is 10.8 Å². The third-order valence-corrected chi connectivity index (χ3v) is 4.23. The molecule has 0 saturated heterocycles. The van der Waals surface area contributed by atoms with Gasteiger partial charge in [0.25, 0.3) is 0 Å². The average molecular weight is 298 g/mol. The molecule has 0 radical (unpaired) electrons. The largest absolute Gasteiger partial charge is 0.271 e. The summed E-state index contributed by atoms with van der Waals surface area (Å²) in [7, 11) is 0. The lowest BCUT2D eigenvalue weighted by atomic mass is 9.95. The Kier molecular flexibility index (Phi) is 3.88. The number of nitrogens with zero attached hydrogens (tertiary/aromatic N) is 1. The van der Waals surface area contributed by atoms with Crippen molar-refractivity contribution in [2.24, 2.45) is 5.84 Å². The Hall–Kier alpha value is -1.94. The summed E-state index contributed by atoms with van der Waals surface area (Å²) in [6.45, 7) is 1.99. The van der Waals surface area contributed by atoms with Gasteiger partial charge in [0.2, 0.25) is 0 Å². The molecule has 2 aromatic carbocycles. The van der Waals surface area contributed by atoms with E-state index in [9.17, 15) is 0 Å². The third-order valence-electron chi connectivity index (χ3n) is 3.71. The van der Waals surface area contributed by atoms with Crippen LogP contribution < -0.4 is 11.3 Å². The molecule has 3 rings (SSSR count). The van der Waals surface area contributed by atoms with Crippen molar-refractivity contribution in [3.63, 3.8) is 0 Å². The molecule has 0 fully saturated rings. The number of hydrazine groups is 1. The van der Waals surface area contributed by atoms with E-state index in [4.69, 9.17) is 17.4 Å². The van der Waals surface area contributed by atoms with Gasteiger partial charge in [-0.05, 0) is 23.4 Å². The zero-order chi connectivity index (χ0) is 14.8. The second-order valence-electron chi connectivity index (χ2n) is 5.03. The number of nitrogens with two attached hydrogens (primary N) is 1. The molecule has 0 aliphatic heterocycles. The van der Waals surface area contributed by atoms with Crippen LogP contribution in [0, 0.1) is 6.92 Å². The Balaban J connectivity index is 2.21. The number of aromatic nitrogens is 1. The number of hydrogen-bond acceptors (Lipinski definition) is 3. The van der Waals surface area contributed by atoms with Crippen LogP contribution in [0.4, 0.5) is 0 Å². The summed E-state index contributed by atoms with van der Waals surface area (Å²) in [6.07, 6.45) is 3.69. The first-order valence-electron chi connectivity index (χ1n) is 6.76. The van der Waals surface area contributed by atoms with Gasteiger partial charge in [0.15, 0.2) is 0 Å². The van der Waals surface area contributed by atoms with Gasteiger partial charge in [-0.2, -0.15) is 0 Å². The van der Waals surface area contributed by atoms with E-state index in [1.54, 1.807) is 0 Å². The molecule has 1 aromatic heterocycles. The van der Waals surface area contributed by atoms with Crippen molar-refractivity contribution < 1.29 is 0 Å². The monoisotopic (exact) mass is 297 g/mol. The summed E-state index contributed by atoms with van der Waals surface area (Å²) < 4.78 is 0. The van der Waals surface area contributed by atoms with E-state index in [-0.39, 0.29) is 6.04 Å². The summed E-state index contributed by atoms with van der Waals surface area (Å²) in [5.74, 6) is 5.81. The van der Waals surface area contributed by atoms with E-state index in [1.165, 1.54) is 0 Å². The number of halogens is 1. The van der Waals surface area contributed by atoms with Crippen LogP contribution >= 0.6 is 11.6 Å². The molecule has 0 amide bonds. The molecular weight excluding hydrogens is 282 g/mol. The van der Waals surface area contributed by atoms with Gasteiger partial charge in [-0.1, -0.05) is 54.1 Å². The number of pyridine rings is 1. The molecular formula is C17H16ClN3. The summed E-state index contributed by atoms with van der Waals surface area (Å²) in [4.78, 5) is 4.32. The van der Waals surface area contributed by atoms with Crippen LogP contribution in [0.3, 0.4) is 0 Å². The van der Waals surface area contributed by atoms with Gasteiger partial charge in [0.1, 0.15) is 0 Å². The predicted molar refractivity (Wildman–Crippen MR) is 87.1 cm³/mol. The summed E-state index contributed by atoms with van der Waals surface area (Å²) in [5, 5.41) is 2.93. The van der Waals surface area contributed by atoms with Crippen molar-refractivity contribution >= 4 is 22.4 Å². The van der Waals surface area contributed by atoms with E-state index >= 15 is 0 Å². The summed E-state index contributed by atoms with van der Waals surface area (Å²) in [6, 6.07) is 13.9. The molecule has 0 saturated carbocycles. The average Bonchev–Trinajstić information content (AvgIpc) is 2.52. The zero-order valence-corrected chi connectivity index (χ0v) is 12.4. The maximum absolute atomic E-state index is 6.45. The molecule has 1 atom stereocenters. The van der Waals surface area contributed by atoms with Crippen molar-refractivity contribution in [1.29, 1.82) is 0 Å². The number of benzene rings is 2. The van der Waals surface area contributed by atoms with Crippen LogP contribution in [0.5, 0.6) is 0 Å². The fraction of sp³-hybridized carbons (Fsp3) is 0.118. The van der Waals surface area contributed by atoms with Crippen LogP contribution in [0.1, 0.15) is 22.7 Å². The quantitative estimate of drug-likeness (QED) is 0.572. The van der Waals surface area contributed by atoms with E-state index in [1.807, 2.05) is 55.7 Å². The molecule has 0 spiro atoms. The Morgan fingerprint density at radius 1 is 1.05 bits per heavy atom. The molecule has 1 heterocycles. The number of hydrogen-bond donors (Lipinski definition) is 2. The normalized spacial score (nSPS) is 12.5. The molecule has 0 bridgehead atoms. The third kappa shape index (κ3) is 2.51. The van der Waals surface area contributed by atoms with Gasteiger partial charge in [0.05, 0.1) is 6.04 Å². The van der Waals surface area contributed by atoms with Crippen LogP contribution in [0.2, 0.25) is 5.02 Å². The summed E-state index contributed by atoms with van der Waals surface area (Å²) in [5.41, 5.74) is 5.87. The minimum Gasteiger partial charge on any atom is -0.271 e. The highest BCUT2D eigenvalue weighted by Crippen LogP contribution is 2.32. The zero-order valence-electron chi connectivity index (χ0n) is 11.7. The highest BCUT2D eigenvalue weighted by molar-refractivity contribution is 6.32. The Morgan fingerprint density at radius 3 is 2.67 bits per heavy atom. The van der Waals surface area contributed by atoms with E-state index < -0.39 is 0 Å². The minimum atomic E-state index is -0.198. The van der Waals surface area contributed by atoms with Gasteiger partial charge in [0, 0.05) is 28.4 Å². The van der Waals surface area contributed by atoms with Gasteiger partial charge < -0.3 is 0 Å². The topological polar surface area (TPSA) is 50.9 Å². The van der Waals surface area contributed by atoms with Gasteiger partial charge in [-0.25, -0.2) is 5.43 Å². The van der Waals surface area contributed by atoms with E-state index in [0.29, 0.717) is 0 Å². The second kappa shape index (κ2) is 5.82. The highest BCUT2D eigenvalue weighted by Gasteiger charge is 2.18. The van der Waals surface area contributed by atoms with E-state index in [2.05, 4.69) is 16.5 Å². The van der Waals surface area contributed by atoms with Crippen molar-refractivity contribution in [3.05, 3.63) is 76.6 Å². The first-order chi connectivity index (χ1) is 10.2. The molecule has 1 unspecified atom stereocenters. The number of rotatable bonds is 3. The van der Waals surface area contributed by atoms with Gasteiger partial charge >= 0.3 is 0 Å². The van der Waals surface area contributed by atoms with Crippen LogP contribution in [0.15, 0.2) is 54.9 Å². The van der Waals surface area contributed by atoms with Crippen LogP contribution in [-0.4, -0.2) is 4.98 Å². The Bertz CT molecular complexity index is 781. The lowest BCUT2D eigenvalue weighted by Gasteiger charge is -2.20. The van der Waals surface area contributed by atoms with Gasteiger partial charge in [-0.3, -0.25) is 10.8 Å².